The summed E-state index contributed by atoms with van der Waals surface area (Å²) >= 11 is 11.8. The van der Waals surface area contributed by atoms with Gasteiger partial charge in [-0.2, -0.15) is 13.5 Å². The zero-order valence-electron chi connectivity index (χ0n) is 16.0. The van der Waals surface area contributed by atoms with Gasteiger partial charge in [-0.25, -0.2) is 13.8 Å². The van der Waals surface area contributed by atoms with Gasteiger partial charge in [0.05, 0.1) is 17.9 Å². The zero-order valence-corrected chi connectivity index (χ0v) is 18.3. The number of likely N-dealkylation sites (tertiary alicyclic amines) is 1. The Labute approximate surface area is 179 Å². The third kappa shape index (κ3) is 5.53. The Hall–Kier alpha value is -2.01. The van der Waals surface area contributed by atoms with Crippen molar-refractivity contribution in [1.29, 1.82) is 0 Å². The van der Waals surface area contributed by atoms with Crippen LogP contribution in [0.25, 0.3) is 0 Å². The standard InChI is InChI=1S/C17H22Cl2N6O3S/c1-23-5-3-4-15(10-23)25(16-9-20-24(2)11-16)29(27,28)22-17(26)21-14-7-12(18)6-13(19)8-14/h6-9,11,15H,3-5,10H2,1-2H3,(H2,21,22,26). The first kappa shape index (κ1) is 21.7. The van der Waals surface area contributed by atoms with Gasteiger partial charge in [-0.05, 0) is 44.6 Å². The van der Waals surface area contributed by atoms with E-state index in [9.17, 15) is 13.2 Å². The lowest BCUT2D eigenvalue weighted by Gasteiger charge is -2.37. The van der Waals surface area contributed by atoms with Crippen molar-refractivity contribution in [3.05, 3.63) is 40.6 Å². The number of nitrogens with zero attached hydrogens (tertiary/aromatic N) is 4. The highest BCUT2D eigenvalue weighted by atomic mass is 35.5. The molecule has 1 saturated heterocycles. The molecule has 1 fully saturated rings. The number of amides is 2. The molecule has 0 bridgehead atoms. The number of likely N-dealkylation sites (N-methyl/N-ethyl adjacent to an activating group) is 1. The fourth-order valence-corrected chi connectivity index (χ4v) is 5.19. The number of piperidine rings is 1. The Balaban J connectivity index is 1.83. The predicted octanol–water partition coefficient (Wildman–Crippen LogP) is 2.69. The maximum absolute atomic E-state index is 13.1. The van der Waals surface area contributed by atoms with Crippen LogP contribution in [0.3, 0.4) is 0 Å². The van der Waals surface area contributed by atoms with Crippen LogP contribution in [0.4, 0.5) is 16.2 Å². The van der Waals surface area contributed by atoms with Crippen LogP contribution >= 0.6 is 23.2 Å². The topological polar surface area (TPSA) is 99.6 Å². The van der Waals surface area contributed by atoms with Gasteiger partial charge in [-0.3, -0.25) is 4.68 Å². The summed E-state index contributed by atoms with van der Waals surface area (Å²) in [6, 6.07) is 3.20. The first-order chi connectivity index (χ1) is 13.6. The maximum atomic E-state index is 13.1. The van der Waals surface area contributed by atoms with Crippen molar-refractivity contribution in [3.63, 3.8) is 0 Å². The molecule has 2 amide bonds. The quantitative estimate of drug-likeness (QED) is 0.714. The average Bonchev–Trinajstić information content (AvgIpc) is 2.98. The first-order valence-corrected chi connectivity index (χ1v) is 11.1. The average molecular weight is 461 g/mol. The molecule has 158 valence electrons. The molecule has 0 spiro atoms. The Bertz CT molecular complexity index is 977. The summed E-state index contributed by atoms with van der Waals surface area (Å²) in [5.74, 6) is 0. The van der Waals surface area contributed by atoms with Gasteiger partial charge in [-0.1, -0.05) is 23.2 Å². The highest BCUT2D eigenvalue weighted by Gasteiger charge is 2.34. The maximum Gasteiger partial charge on any atom is 0.334 e. The van der Waals surface area contributed by atoms with E-state index >= 15 is 0 Å². The van der Waals surface area contributed by atoms with Crippen molar-refractivity contribution in [2.24, 2.45) is 7.05 Å². The van der Waals surface area contributed by atoms with Gasteiger partial charge in [0.15, 0.2) is 0 Å². The highest BCUT2D eigenvalue weighted by Crippen LogP contribution is 2.25. The number of carbonyl (C=O) groups excluding carboxylic acids is 1. The molecule has 3 rings (SSSR count). The summed E-state index contributed by atoms with van der Waals surface area (Å²) in [6.45, 7) is 1.43. The van der Waals surface area contributed by atoms with Crippen LogP contribution in [0.5, 0.6) is 0 Å². The van der Waals surface area contributed by atoms with Crippen LogP contribution in [0.15, 0.2) is 30.6 Å². The van der Waals surface area contributed by atoms with E-state index in [-0.39, 0.29) is 11.7 Å². The second-order valence-electron chi connectivity index (χ2n) is 6.95. The minimum absolute atomic E-state index is 0.278. The largest absolute Gasteiger partial charge is 0.334 e. The first-order valence-electron chi connectivity index (χ1n) is 8.90. The molecule has 2 aromatic rings. The Morgan fingerprint density at radius 3 is 2.52 bits per heavy atom. The number of hydrogen-bond donors (Lipinski definition) is 2. The second kappa shape index (κ2) is 8.78. The SMILES string of the molecule is CN1CCCC(N(c2cnn(C)c2)S(=O)(=O)NC(=O)Nc2cc(Cl)cc(Cl)c2)C1. The minimum Gasteiger partial charge on any atom is -0.307 e. The number of nitrogens with one attached hydrogen (secondary N) is 2. The number of hydrogen-bond acceptors (Lipinski definition) is 5. The fraction of sp³-hybridized carbons (Fsp3) is 0.412. The molecule has 29 heavy (non-hydrogen) atoms. The van der Waals surface area contributed by atoms with E-state index < -0.39 is 16.2 Å². The van der Waals surface area contributed by atoms with Crippen LogP contribution in [0.2, 0.25) is 10.0 Å². The van der Waals surface area contributed by atoms with Gasteiger partial charge < -0.3 is 10.2 Å². The summed E-state index contributed by atoms with van der Waals surface area (Å²) in [5.41, 5.74) is 0.666. The van der Waals surface area contributed by atoms with E-state index in [1.165, 1.54) is 33.4 Å². The Kier molecular flexibility index (Phi) is 6.57. The second-order valence-corrected chi connectivity index (χ2v) is 9.37. The van der Waals surface area contributed by atoms with E-state index in [0.717, 1.165) is 13.0 Å². The highest BCUT2D eigenvalue weighted by molar-refractivity contribution is 7.91. The fourth-order valence-electron chi connectivity index (χ4n) is 3.35. The monoisotopic (exact) mass is 460 g/mol. The molecule has 0 saturated carbocycles. The van der Waals surface area contributed by atoms with Gasteiger partial charge in [-0.15, -0.1) is 0 Å². The van der Waals surface area contributed by atoms with E-state index in [1.807, 2.05) is 7.05 Å². The Morgan fingerprint density at radius 2 is 1.93 bits per heavy atom. The summed E-state index contributed by atoms with van der Waals surface area (Å²) in [4.78, 5) is 14.4. The molecule has 2 heterocycles. The normalized spacial score (nSPS) is 17.7. The van der Waals surface area contributed by atoms with Crippen molar-refractivity contribution in [3.8, 4) is 0 Å². The van der Waals surface area contributed by atoms with Crippen molar-refractivity contribution >= 4 is 50.8 Å². The van der Waals surface area contributed by atoms with E-state index in [2.05, 4.69) is 20.0 Å². The predicted molar refractivity (Wildman–Crippen MR) is 114 cm³/mol. The summed E-state index contributed by atoms with van der Waals surface area (Å²) in [5, 5.41) is 7.15. The lowest BCUT2D eigenvalue weighted by molar-refractivity contribution is 0.251. The molecular weight excluding hydrogens is 439 g/mol. The number of benzene rings is 1. The van der Waals surface area contributed by atoms with Gasteiger partial charge in [0.2, 0.25) is 0 Å². The number of anilines is 2. The van der Waals surface area contributed by atoms with Crippen molar-refractivity contribution < 1.29 is 13.2 Å². The van der Waals surface area contributed by atoms with E-state index in [4.69, 9.17) is 23.2 Å². The third-order valence-electron chi connectivity index (χ3n) is 4.48. The molecule has 0 radical (unpaired) electrons. The summed E-state index contributed by atoms with van der Waals surface area (Å²) in [6.07, 6.45) is 4.58. The molecule has 1 aromatic heterocycles. The smallest absolute Gasteiger partial charge is 0.307 e. The van der Waals surface area contributed by atoms with Crippen LogP contribution in [-0.2, 0) is 17.3 Å². The van der Waals surface area contributed by atoms with Gasteiger partial charge >= 0.3 is 16.2 Å². The summed E-state index contributed by atoms with van der Waals surface area (Å²) in [7, 11) is -0.567. The molecule has 12 heteroatoms. The number of rotatable bonds is 5. The molecule has 0 aliphatic carbocycles. The van der Waals surface area contributed by atoms with Crippen LogP contribution in [0.1, 0.15) is 12.8 Å². The molecule has 1 aliphatic heterocycles. The molecule has 1 atom stereocenters. The number of halogens is 2. The number of aromatic nitrogens is 2. The van der Waals surface area contributed by atoms with E-state index in [0.29, 0.717) is 28.7 Å². The van der Waals surface area contributed by atoms with Crippen LogP contribution < -0.4 is 14.3 Å². The zero-order chi connectivity index (χ0) is 21.2. The van der Waals surface area contributed by atoms with Crippen molar-refractivity contribution in [2.75, 3.05) is 29.8 Å². The number of carbonyl (C=O) groups is 1. The molecule has 9 nitrogen and oxygen atoms in total. The lowest BCUT2D eigenvalue weighted by Crippen LogP contribution is -2.54. The minimum atomic E-state index is -4.20. The van der Waals surface area contributed by atoms with Crippen molar-refractivity contribution in [2.45, 2.75) is 18.9 Å². The number of aryl methyl sites for hydroxylation is 1. The van der Waals surface area contributed by atoms with Gasteiger partial charge in [0, 0.05) is 35.5 Å². The van der Waals surface area contributed by atoms with Crippen LogP contribution in [-0.4, -0.2) is 55.3 Å². The molecule has 1 aromatic carbocycles. The van der Waals surface area contributed by atoms with Crippen molar-refractivity contribution in [1.82, 2.24) is 19.4 Å². The van der Waals surface area contributed by atoms with Gasteiger partial charge in [0.25, 0.3) is 0 Å². The molecule has 1 aliphatic rings. The van der Waals surface area contributed by atoms with Crippen LogP contribution in [0, 0.1) is 0 Å². The molecule has 1 unspecified atom stereocenters. The molecule has 2 N–H and O–H groups in total. The molecular formula is C17H22Cl2N6O3S. The third-order valence-corrected chi connectivity index (χ3v) is 6.38. The number of urea groups is 1. The summed E-state index contributed by atoms with van der Waals surface area (Å²) < 4.78 is 31.1. The lowest BCUT2D eigenvalue weighted by atomic mass is 10.1. The van der Waals surface area contributed by atoms with Gasteiger partial charge in [0.1, 0.15) is 0 Å². The van der Waals surface area contributed by atoms with E-state index in [1.54, 1.807) is 13.2 Å². The Morgan fingerprint density at radius 1 is 1.24 bits per heavy atom.